The summed E-state index contributed by atoms with van der Waals surface area (Å²) in [6, 6.07) is 0. The van der Waals surface area contributed by atoms with Crippen molar-refractivity contribution in [3.8, 4) is 0 Å². The van der Waals surface area contributed by atoms with Gasteiger partial charge in [0.1, 0.15) is 0 Å². The van der Waals surface area contributed by atoms with Crippen LogP contribution >= 0.6 is 20.0 Å². The highest BCUT2D eigenvalue weighted by molar-refractivity contribution is 7.80. The summed E-state index contributed by atoms with van der Waals surface area (Å²) in [6.45, 7) is 0. The summed E-state index contributed by atoms with van der Waals surface area (Å²) in [5.74, 6) is 0. The van der Waals surface area contributed by atoms with Crippen LogP contribution in [-0.2, 0) is 9.19 Å². The van der Waals surface area contributed by atoms with Crippen LogP contribution in [0.2, 0.25) is 0 Å². The molecule has 7 nitrogen and oxygen atoms in total. The molecule has 0 saturated heterocycles. The molecular formula is CH6N3O4PS. The van der Waals surface area contributed by atoms with Gasteiger partial charge in [0.15, 0.2) is 5.11 Å². The molecule has 0 atom stereocenters. The zero-order chi connectivity index (χ0) is 8.20. The fraction of sp³-hybridized carbons (Fsp3) is 0. The molecule has 9 heteroatoms. The Morgan fingerprint density at radius 1 is 1.70 bits per heavy atom. The van der Waals surface area contributed by atoms with E-state index in [1.165, 1.54) is 0 Å². The molecule has 0 aliphatic carbocycles. The maximum absolute atomic E-state index is 9.90. The van der Waals surface area contributed by atoms with E-state index in [9.17, 15) is 4.57 Å². The molecular weight excluding hydrogens is 181 g/mol. The van der Waals surface area contributed by atoms with Gasteiger partial charge >= 0.3 is 7.82 Å². The fourth-order valence-electron chi connectivity index (χ4n) is 0.133. The van der Waals surface area contributed by atoms with Gasteiger partial charge in [-0.25, -0.2) is 4.57 Å². The van der Waals surface area contributed by atoms with Gasteiger partial charge in [-0.05, 0) is 12.2 Å². The van der Waals surface area contributed by atoms with Crippen molar-refractivity contribution in [2.45, 2.75) is 0 Å². The summed E-state index contributed by atoms with van der Waals surface area (Å²) in [7, 11) is -4.51. The summed E-state index contributed by atoms with van der Waals surface area (Å²) in [5.41, 5.74) is 8.44. The number of phosphoric acid groups is 1. The van der Waals surface area contributed by atoms with E-state index < -0.39 is 7.82 Å². The number of hydrogen-bond donors (Lipinski definition) is 5. The van der Waals surface area contributed by atoms with Crippen molar-refractivity contribution in [1.82, 2.24) is 11.0 Å². The van der Waals surface area contributed by atoms with Gasteiger partial charge in [0, 0.05) is 0 Å². The van der Waals surface area contributed by atoms with Crippen molar-refractivity contribution >= 4 is 25.2 Å². The molecule has 0 aliphatic heterocycles. The third-order valence-corrected chi connectivity index (χ3v) is 0.770. The lowest BCUT2D eigenvalue weighted by atomic mass is 11.2. The Morgan fingerprint density at radius 2 is 2.20 bits per heavy atom. The van der Waals surface area contributed by atoms with Gasteiger partial charge in [-0.2, -0.15) is 4.62 Å². The van der Waals surface area contributed by atoms with Crippen LogP contribution in [-0.4, -0.2) is 14.9 Å². The Morgan fingerprint density at radius 3 is 2.50 bits per heavy atom. The highest BCUT2D eigenvalue weighted by Gasteiger charge is 2.12. The maximum atomic E-state index is 9.90. The summed E-state index contributed by atoms with van der Waals surface area (Å²) >= 11 is 4.26. The third-order valence-electron chi connectivity index (χ3n) is 0.339. The first kappa shape index (κ1) is 9.76. The molecule has 0 radical (unpaired) electrons. The minimum absolute atomic E-state index is 0.187. The molecule has 0 fully saturated rings. The lowest BCUT2D eigenvalue weighted by molar-refractivity contribution is 0.111. The predicted molar refractivity (Wildman–Crippen MR) is 36.2 cm³/mol. The van der Waals surface area contributed by atoms with Gasteiger partial charge in [-0.1, -0.05) is 0 Å². The van der Waals surface area contributed by atoms with Gasteiger partial charge in [-0.3, -0.25) is 5.43 Å². The molecule has 0 saturated carbocycles. The van der Waals surface area contributed by atoms with E-state index in [4.69, 9.17) is 15.5 Å². The lowest BCUT2D eigenvalue weighted by Crippen LogP contribution is -2.40. The van der Waals surface area contributed by atoms with Crippen LogP contribution in [0, 0.1) is 0 Å². The van der Waals surface area contributed by atoms with Crippen LogP contribution in [0.1, 0.15) is 0 Å². The van der Waals surface area contributed by atoms with Crippen LogP contribution in [0.5, 0.6) is 0 Å². The molecule has 0 bridgehead atoms. The summed E-state index contributed by atoms with van der Waals surface area (Å²) in [6.07, 6.45) is 0. The standard InChI is InChI=1S/CH6N3O4PS/c2-1(10)3-4-8-9(5,6)7/h4H,(H3,2,3,10)(H2,5,6,7). The minimum Gasteiger partial charge on any atom is -0.375 e. The van der Waals surface area contributed by atoms with E-state index in [0.717, 1.165) is 0 Å². The first-order valence-corrected chi connectivity index (χ1v) is 3.90. The Hall–Kier alpha value is -0.240. The molecule has 0 heterocycles. The normalized spacial score (nSPS) is 11.0. The van der Waals surface area contributed by atoms with Crippen molar-refractivity contribution in [3.05, 3.63) is 0 Å². The molecule has 0 aromatic heterocycles. The molecule has 0 rings (SSSR count). The Kier molecular flexibility index (Phi) is 3.72. The van der Waals surface area contributed by atoms with Gasteiger partial charge in [-0.15, -0.1) is 5.59 Å². The Bertz CT molecular complexity index is 166. The molecule has 0 amide bonds. The molecule has 0 aromatic carbocycles. The molecule has 0 aliphatic rings. The van der Waals surface area contributed by atoms with Crippen LogP contribution < -0.4 is 16.7 Å². The average molecular weight is 187 g/mol. The third kappa shape index (κ3) is 7.76. The number of rotatable bonds is 3. The Labute approximate surface area is 61.7 Å². The molecule has 60 valence electrons. The van der Waals surface area contributed by atoms with E-state index in [1.807, 2.05) is 5.43 Å². The summed E-state index contributed by atoms with van der Waals surface area (Å²) in [4.78, 5) is 16.1. The SMILES string of the molecule is NC(=S)NNOP(=O)(O)O. The monoisotopic (exact) mass is 187 g/mol. The maximum Gasteiger partial charge on any atom is 0.487 e. The van der Waals surface area contributed by atoms with Gasteiger partial charge in [0.05, 0.1) is 0 Å². The van der Waals surface area contributed by atoms with Gasteiger partial charge < -0.3 is 15.5 Å². The number of nitrogens with one attached hydrogen (secondary N) is 2. The quantitative estimate of drug-likeness (QED) is 0.202. The van der Waals surface area contributed by atoms with Crippen LogP contribution in [0.4, 0.5) is 0 Å². The summed E-state index contributed by atoms with van der Waals surface area (Å²) in [5, 5.41) is -0.187. The van der Waals surface area contributed by atoms with Crippen LogP contribution in [0.3, 0.4) is 0 Å². The van der Waals surface area contributed by atoms with Gasteiger partial charge in [0.25, 0.3) is 0 Å². The molecule has 0 spiro atoms. The van der Waals surface area contributed by atoms with Crippen molar-refractivity contribution in [2.24, 2.45) is 5.73 Å². The summed E-state index contributed by atoms with van der Waals surface area (Å²) < 4.78 is 13.6. The van der Waals surface area contributed by atoms with Crippen molar-refractivity contribution in [3.63, 3.8) is 0 Å². The van der Waals surface area contributed by atoms with Crippen molar-refractivity contribution < 1.29 is 19.0 Å². The van der Waals surface area contributed by atoms with Crippen molar-refractivity contribution in [2.75, 3.05) is 0 Å². The lowest BCUT2D eigenvalue weighted by Gasteiger charge is -2.05. The smallest absolute Gasteiger partial charge is 0.375 e. The molecule has 10 heavy (non-hydrogen) atoms. The number of thiocarbonyl (C=S) groups is 1. The molecule has 6 N–H and O–H groups in total. The van der Waals surface area contributed by atoms with Crippen LogP contribution in [0.15, 0.2) is 0 Å². The molecule has 0 unspecified atom stereocenters. The number of hydrogen-bond acceptors (Lipinski definition) is 4. The minimum atomic E-state index is -4.51. The number of nitrogens with two attached hydrogens (primary N) is 1. The second-order valence-electron chi connectivity index (χ2n) is 1.17. The zero-order valence-electron chi connectivity index (χ0n) is 4.64. The first-order valence-electron chi connectivity index (χ1n) is 1.96. The Balaban J connectivity index is 3.39. The second-order valence-corrected chi connectivity index (χ2v) is 2.78. The molecule has 0 aromatic rings. The fourth-order valence-corrected chi connectivity index (χ4v) is 0.339. The number of hydrazine groups is 1. The van der Waals surface area contributed by atoms with Gasteiger partial charge in [0.2, 0.25) is 0 Å². The van der Waals surface area contributed by atoms with Crippen LogP contribution in [0.25, 0.3) is 0 Å². The largest absolute Gasteiger partial charge is 0.487 e. The van der Waals surface area contributed by atoms with E-state index in [-0.39, 0.29) is 5.11 Å². The van der Waals surface area contributed by atoms with E-state index in [1.54, 1.807) is 5.59 Å². The van der Waals surface area contributed by atoms with Crippen molar-refractivity contribution in [1.29, 1.82) is 0 Å². The highest BCUT2D eigenvalue weighted by atomic mass is 32.1. The first-order chi connectivity index (χ1) is 4.42. The van der Waals surface area contributed by atoms with E-state index in [0.29, 0.717) is 0 Å². The second kappa shape index (κ2) is 3.81. The average Bonchev–Trinajstić information content (AvgIpc) is 1.59. The zero-order valence-corrected chi connectivity index (χ0v) is 6.35. The topological polar surface area (TPSA) is 117 Å². The van der Waals surface area contributed by atoms with E-state index in [2.05, 4.69) is 16.8 Å². The predicted octanol–water partition coefficient (Wildman–Crippen LogP) is -1.65. The van der Waals surface area contributed by atoms with E-state index >= 15 is 0 Å². The highest BCUT2D eigenvalue weighted by Crippen LogP contribution is 2.33.